The Bertz CT molecular complexity index is 958. The number of rotatable bonds is 6. The van der Waals surface area contributed by atoms with E-state index in [4.69, 9.17) is 4.74 Å². The third-order valence-corrected chi connectivity index (χ3v) is 4.09. The van der Waals surface area contributed by atoms with Gasteiger partial charge in [0.1, 0.15) is 11.4 Å². The number of aromatic nitrogens is 1. The molecule has 0 unspecified atom stereocenters. The van der Waals surface area contributed by atoms with Gasteiger partial charge in [0.15, 0.2) is 0 Å². The minimum Gasteiger partial charge on any atom is -0.497 e. The summed E-state index contributed by atoms with van der Waals surface area (Å²) in [5.74, 6) is 0.781. The number of aromatic amines is 1. The van der Waals surface area contributed by atoms with Gasteiger partial charge in [0.05, 0.1) is 7.11 Å². The fourth-order valence-electron chi connectivity index (χ4n) is 2.77. The topological polar surface area (TPSA) is 83.2 Å². The van der Waals surface area contributed by atoms with Gasteiger partial charge in [-0.05, 0) is 48.4 Å². The van der Waals surface area contributed by atoms with Gasteiger partial charge < -0.3 is 20.4 Å². The molecular weight excluding hydrogens is 342 g/mol. The van der Waals surface area contributed by atoms with Crippen molar-refractivity contribution >= 4 is 34.1 Å². The number of fused-ring (bicyclic) bond motifs is 1. The second-order valence-corrected chi connectivity index (χ2v) is 6.81. The predicted molar refractivity (Wildman–Crippen MR) is 107 cm³/mol. The van der Waals surface area contributed by atoms with Crippen LogP contribution in [0, 0.1) is 5.92 Å². The summed E-state index contributed by atoms with van der Waals surface area (Å²) in [5, 5.41) is 6.63. The molecule has 3 rings (SSSR count). The van der Waals surface area contributed by atoms with Crippen LogP contribution in [0.2, 0.25) is 0 Å². The molecule has 6 heteroatoms. The lowest BCUT2D eigenvalue weighted by atomic mass is 10.1. The quantitative estimate of drug-likeness (QED) is 0.605. The second kappa shape index (κ2) is 7.95. The van der Waals surface area contributed by atoms with Gasteiger partial charge in [-0.1, -0.05) is 13.8 Å². The summed E-state index contributed by atoms with van der Waals surface area (Å²) in [6.45, 7) is 4.00. The van der Waals surface area contributed by atoms with Crippen molar-refractivity contribution in [1.82, 2.24) is 4.98 Å². The van der Waals surface area contributed by atoms with E-state index in [0.717, 1.165) is 16.7 Å². The maximum atomic E-state index is 12.5. The Labute approximate surface area is 157 Å². The summed E-state index contributed by atoms with van der Waals surface area (Å²) in [7, 11) is 1.60. The van der Waals surface area contributed by atoms with Gasteiger partial charge in [-0.15, -0.1) is 0 Å². The largest absolute Gasteiger partial charge is 0.497 e. The molecule has 0 atom stereocenters. The molecule has 27 heavy (non-hydrogen) atoms. The van der Waals surface area contributed by atoms with Gasteiger partial charge in [-0.3, -0.25) is 9.59 Å². The molecule has 0 saturated heterocycles. The summed E-state index contributed by atoms with van der Waals surface area (Å²) < 4.78 is 5.20. The van der Waals surface area contributed by atoms with Crippen molar-refractivity contribution in [1.29, 1.82) is 0 Å². The molecular formula is C21H23N3O3. The number of amides is 2. The molecule has 0 spiro atoms. The highest BCUT2D eigenvalue weighted by Gasteiger charge is 2.11. The van der Waals surface area contributed by atoms with Crippen LogP contribution in [-0.2, 0) is 4.79 Å². The molecule has 2 aromatic carbocycles. The van der Waals surface area contributed by atoms with Crippen molar-refractivity contribution in [2.75, 3.05) is 17.7 Å². The molecule has 3 aromatic rings. The van der Waals surface area contributed by atoms with E-state index in [2.05, 4.69) is 15.6 Å². The van der Waals surface area contributed by atoms with Crippen LogP contribution in [0.15, 0.2) is 48.5 Å². The summed E-state index contributed by atoms with van der Waals surface area (Å²) in [5.41, 5.74) is 2.66. The van der Waals surface area contributed by atoms with Gasteiger partial charge in [0, 0.05) is 34.8 Å². The first-order valence-corrected chi connectivity index (χ1v) is 8.82. The Morgan fingerprint density at radius 1 is 1.00 bits per heavy atom. The lowest BCUT2D eigenvalue weighted by molar-refractivity contribution is -0.116. The van der Waals surface area contributed by atoms with Crippen LogP contribution in [-0.4, -0.2) is 23.9 Å². The first-order valence-electron chi connectivity index (χ1n) is 8.82. The van der Waals surface area contributed by atoms with Crippen molar-refractivity contribution in [3.63, 3.8) is 0 Å². The molecule has 0 fully saturated rings. The van der Waals surface area contributed by atoms with Crippen molar-refractivity contribution < 1.29 is 14.3 Å². The fourth-order valence-corrected chi connectivity index (χ4v) is 2.77. The monoisotopic (exact) mass is 365 g/mol. The van der Waals surface area contributed by atoms with Crippen LogP contribution >= 0.6 is 0 Å². The van der Waals surface area contributed by atoms with Crippen LogP contribution in [0.1, 0.15) is 30.8 Å². The summed E-state index contributed by atoms with van der Waals surface area (Å²) in [6.07, 6.45) is 0.476. The number of hydrogen-bond acceptors (Lipinski definition) is 3. The fraction of sp³-hybridized carbons (Fsp3) is 0.238. The van der Waals surface area contributed by atoms with Gasteiger partial charge in [0.25, 0.3) is 5.91 Å². The maximum absolute atomic E-state index is 12.5. The van der Waals surface area contributed by atoms with E-state index >= 15 is 0 Å². The Morgan fingerprint density at radius 2 is 1.67 bits per heavy atom. The smallest absolute Gasteiger partial charge is 0.272 e. The molecule has 0 aliphatic rings. The van der Waals surface area contributed by atoms with Crippen molar-refractivity contribution in [2.45, 2.75) is 20.3 Å². The van der Waals surface area contributed by atoms with Crippen LogP contribution in [0.3, 0.4) is 0 Å². The number of carbonyl (C=O) groups is 2. The zero-order valence-electron chi connectivity index (χ0n) is 15.6. The molecule has 1 aromatic heterocycles. The number of ether oxygens (including phenoxy) is 1. The Hall–Kier alpha value is -3.28. The highest BCUT2D eigenvalue weighted by Crippen LogP contribution is 2.22. The van der Waals surface area contributed by atoms with E-state index < -0.39 is 0 Å². The Balaban J connectivity index is 1.66. The van der Waals surface area contributed by atoms with Crippen LogP contribution in [0.25, 0.3) is 10.9 Å². The average molecular weight is 365 g/mol. The zero-order valence-corrected chi connectivity index (χ0v) is 15.6. The molecule has 0 bridgehead atoms. The number of methoxy groups -OCH3 is 1. The summed E-state index contributed by atoms with van der Waals surface area (Å²) >= 11 is 0. The first kappa shape index (κ1) is 18.5. The van der Waals surface area contributed by atoms with E-state index in [-0.39, 0.29) is 11.8 Å². The van der Waals surface area contributed by atoms with Crippen molar-refractivity contribution in [2.24, 2.45) is 5.92 Å². The number of carbonyl (C=O) groups excluding carboxylic acids is 2. The van der Waals surface area contributed by atoms with Gasteiger partial charge in [-0.2, -0.15) is 0 Å². The lowest BCUT2D eigenvalue weighted by Gasteiger charge is -2.08. The minimum absolute atomic E-state index is 0.0183. The third-order valence-electron chi connectivity index (χ3n) is 4.09. The van der Waals surface area contributed by atoms with Crippen molar-refractivity contribution in [3.05, 3.63) is 54.2 Å². The zero-order chi connectivity index (χ0) is 19.4. The van der Waals surface area contributed by atoms with Crippen molar-refractivity contribution in [3.8, 4) is 5.75 Å². The number of H-pyrrole nitrogens is 1. The van der Waals surface area contributed by atoms with Gasteiger partial charge in [0.2, 0.25) is 5.91 Å². The van der Waals surface area contributed by atoms with E-state index in [0.29, 0.717) is 29.4 Å². The van der Waals surface area contributed by atoms with E-state index in [1.54, 1.807) is 37.4 Å². The summed E-state index contributed by atoms with van der Waals surface area (Å²) in [4.78, 5) is 27.4. The molecule has 6 nitrogen and oxygen atoms in total. The molecule has 3 N–H and O–H groups in total. The average Bonchev–Trinajstić information content (AvgIpc) is 3.06. The van der Waals surface area contributed by atoms with E-state index in [9.17, 15) is 9.59 Å². The minimum atomic E-state index is -0.234. The van der Waals surface area contributed by atoms with Crippen LogP contribution in [0.4, 0.5) is 11.4 Å². The van der Waals surface area contributed by atoms with E-state index in [1.807, 2.05) is 32.0 Å². The summed E-state index contributed by atoms with van der Waals surface area (Å²) in [6, 6.07) is 14.4. The standard InChI is InChI=1S/C21H23N3O3/c1-13(2)10-20(25)22-15-5-7-16(8-6-15)23-21(26)19-11-14-4-9-17(27-3)12-18(14)24-19/h4-9,11-13,24H,10H2,1-3H3,(H,22,25)(H,23,26). The van der Waals surface area contributed by atoms with Gasteiger partial charge in [-0.25, -0.2) is 0 Å². The number of benzene rings is 2. The molecule has 0 aliphatic carbocycles. The first-order chi connectivity index (χ1) is 12.9. The molecule has 0 radical (unpaired) electrons. The highest BCUT2D eigenvalue weighted by molar-refractivity contribution is 6.06. The Morgan fingerprint density at radius 3 is 2.30 bits per heavy atom. The SMILES string of the molecule is COc1ccc2cc(C(=O)Nc3ccc(NC(=O)CC(C)C)cc3)[nH]c2c1. The highest BCUT2D eigenvalue weighted by atomic mass is 16.5. The number of anilines is 2. The predicted octanol–water partition coefficient (Wildman–Crippen LogP) is 4.41. The van der Waals surface area contributed by atoms with E-state index in [1.165, 1.54) is 0 Å². The second-order valence-electron chi connectivity index (χ2n) is 6.81. The number of hydrogen-bond donors (Lipinski definition) is 3. The normalized spacial score (nSPS) is 10.8. The molecule has 0 saturated carbocycles. The maximum Gasteiger partial charge on any atom is 0.272 e. The Kier molecular flexibility index (Phi) is 5.45. The van der Waals surface area contributed by atoms with Crippen LogP contribution < -0.4 is 15.4 Å². The number of nitrogens with one attached hydrogen (secondary N) is 3. The molecule has 1 heterocycles. The molecule has 0 aliphatic heterocycles. The lowest BCUT2D eigenvalue weighted by Crippen LogP contribution is -2.14. The molecule has 140 valence electrons. The third kappa shape index (κ3) is 4.67. The molecule has 2 amide bonds. The van der Waals surface area contributed by atoms with Crippen LogP contribution in [0.5, 0.6) is 5.75 Å². The van der Waals surface area contributed by atoms with Gasteiger partial charge >= 0.3 is 0 Å².